The first-order valence-corrected chi connectivity index (χ1v) is 50.9. The quantitative estimate of drug-likeness (QED) is 0.0620. The van der Waals surface area contributed by atoms with Crippen LogP contribution in [0, 0.1) is 0 Å². The van der Waals surface area contributed by atoms with Crippen molar-refractivity contribution in [2.75, 3.05) is 39.5 Å². The van der Waals surface area contributed by atoms with Gasteiger partial charge in [-0.1, -0.05) is 182 Å². The summed E-state index contributed by atoms with van der Waals surface area (Å²) < 4.78 is 45.0. The van der Waals surface area contributed by atoms with E-state index in [4.69, 9.17) is 33.4 Å². The van der Waals surface area contributed by atoms with Crippen LogP contribution in [0.2, 0.25) is 0 Å². The van der Waals surface area contributed by atoms with E-state index in [1.807, 2.05) is 220 Å². The van der Waals surface area contributed by atoms with E-state index in [1.54, 1.807) is 0 Å². The Labute approximate surface area is 869 Å². The van der Waals surface area contributed by atoms with Gasteiger partial charge in [0.05, 0.1) is 114 Å². The summed E-state index contributed by atoms with van der Waals surface area (Å²) in [5, 5.41) is 8.15. The first-order valence-electron chi connectivity index (χ1n) is 50.9. The van der Waals surface area contributed by atoms with E-state index in [9.17, 15) is 0 Å². The highest BCUT2D eigenvalue weighted by molar-refractivity contribution is 6.00. The number of benzene rings is 11. The summed E-state index contributed by atoms with van der Waals surface area (Å²) in [6.45, 7) is 21.5. The molecule has 0 amide bonds. The minimum atomic E-state index is 0.170. The average molecular weight is 1970 g/mol. The molecular formula is C129H111N15O6. The number of para-hydroxylation sites is 2. The molecule has 15 heterocycles. The summed E-state index contributed by atoms with van der Waals surface area (Å²) in [7, 11) is 0. The number of pyridine rings is 9. The lowest BCUT2D eigenvalue weighted by atomic mass is 10.0. The van der Waals surface area contributed by atoms with E-state index in [1.165, 1.54) is 21.7 Å². The van der Waals surface area contributed by atoms with Gasteiger partial charge in [0.2, 0.25) is 0 Å². The SMILES string of the molecule is CC(C)Oc1ccc(-c2ccn3c(-c4cccc5ccccc45)cnc3c2)cc1.CC(C)Oc1ccc(-c2ccn3c(-c4cccc5cccnc45)cnc3c2)cc1.CC(C)Oc1ccc(-c2ccn3c(-c4cccc5cnccc45)cnc3c2)cc1.CC(C)Oc1ccc(-c2ccn3c(-c4cccc5ncccc45)cnc3c2)cc1.c1ccc2c(-c3cnc4cc(-c5ccc(OCCN6CCOCC6)cc5)ccn34)ccnc2c1. The maximum Gasteiger partial charge on any atom is 0.137 e. The van der Waals surface area contributed by atoms with Gasteiger partial charge >= 0.3 is 0 Å². The molecule has 0 aliphatic carbocycles. The summed E-state index contributed by atoms with van der Waals surface area (Å²) >= 11 is 0. The number of rotatable bonds is 22. The largest absolute Gasteiger partial charge is 0.492 e. The van der Waals surface area contributed by atoms with E-state index >= 15 is 0 Å². The minimum Gasteiger partial charge on any atom is -0.492 e. The third kappa shape index (κ3) is 21.4. The molecule has 0 spiro atoms. The lowest BCUT2D eigenvalue weighted by molar-refractivity contribution is 0.0322. The van der Waals surface area contributed by atoms with Gasteiger partial charge in [-0.25, -0.2) is 24.9 Å². The molecule has 738 valence electrons. The molecule has 0 unspecified atom stereocenters. The second-order valence-corrected chi connectivity index (χ2v) is 38.1. The van der Waals surface area contributed by atoms with Gasteiger partial charge < -0.3 is 28.4 Å². The molecular weight excluding hydrogens is 1860 g/mol. The first kappa shape index (κ1) is 96.5. The van der Waals surface area contributed by atoms with Crippen molar-refractivity contribution in [3.8, 4) is 141 Å². The lowest BCUT2D eigenvalue weighted by Crippen LogP contribution is -2.38. The number of imidazole rings is 5. The summed E-state index contributed by atoms with van der Waals surface area (Å²) in [6, 6.07) is 116. The van der Waals surface area contributed by atoms with E-state index in [0.717, 1.165) is 234 Å². The number of hydrogen-bond acceptors (Lipinski definition) is 16. The highest BCUT2D eigenvalue weighted by Crippen LogP contribution is 2.40. The summed E-state index contributed by atoms with van der Waals surface area (Å²) in [5.74, 6) is 4.45. The fraction of sp³-hybridized carbons (Fsp3) is 0.140. The normalized spacial score (nSPS) is 12.1. The maximum absolute atomic E-state index is 5.95. The average Bonchev–Trinajstić information content (AvgIpc) is 1.59. The Hall–Kier alpha value is -18.3. The van der Waals surface area contributed by atoms with E-state index < -0.39 is 0 Å². The van der Waals surface area contributed by atoms with Crippen molar-refractivity contribution in [1.82, 2.24) is 71.8 Å². The van der Waals surface area contributed by atoms with Crippen molar-refractivity contribution >= 4 is 82.5 Å². The van der Waals surface area contributed by atoms with Crippen molar-refractivity contribution < 1.29 is 28.4 Å². The Bertz CT molecular complexity index is 8210. The molecule has 21 nitrogen and oxygen atoms in total. The molecule has 0 atom stereocenters. The molecule has 1 fully saturated rings. The van der Waals surface area contributed by atoms with Crippen LogP contribution in [0.4, 0.5) is 0 Å². The number of morpholine rings is 1. The number of aromatic nitrogens is 14. The van der Waals surface area contributed by atoms with Crippen LogP contribution in [0.1, 0.15) is 55.4 Å². The van der Waals surface area contributed by atoms with Gasteiger partial charge in [-0.3, -0.25) is 46.8 Å². The topological polar surface area (TPSA) is 197 Å². The van der Waals surface area contributed by atoms with Crippen LogP contribution < -0.4 is 23.7 Å². The molecule has 0 bridgehead atoms. The standard InChI is InChI=1S/C28H26N4O2.C26H22N2O.3C25H21N3O/c1-2-4-26-24(3-1)25(9-11-29-26)27-20-30-28-19-22(10-12-32(27)28)21-5-7-23(8-6-21)34-18-15-31-13-16-33-17-14-31;1-18(2)29-22-12-10-19(11-13-22)21-14-15-28-25(17-27-26(28)16-21)24-9-5-7-20-6-3-4-8-23(20)24;1-17(2)29-20-10-8-18(9-11-20)19-12-14-28-24(16-27-25(28)15-19)22-5-3-7-23-21(22)6-4-13-26-23;1-17(2)29-21-10-8-18(9-11-21)20-12-14-28-23(16-27-24(28)15-20)22-7-3-5-19-6-4-13-26-25(19)22;1-17(2)29-21-8-6-18(7-9-21)19-11-13-28-24(16-27-25(28)14-19)23-5-3-4-20-15-26-12-10-22(20)23/h1-12,19-20H,13-18H2;3-18H,1-2H3;3*3-17H,1-2H3. The lowest BCUT2D eigenvalue weighted by Gasteiger charge is -2.26. The summed E-state index contributed by atoms with van der Waals surface area (Å²) in [6.07, 6.45) is 30.1. The summed E-state index contributed by atoms with van der Waals surface area (Å²) in [4.78, 5) is 43.5. The van der Waals surface area contributed by atoms with E-state index in [2.05, 4.69) is 334 Å². The molecule has 14 aromatic heterocycles. The van der Waals surface area contributed by atoms with E-state index in [-0.39, 0.29) is 24.4 Å². The molecule has 1 aliphatic heterocycles. The molecule has 0 N–H and O–H groups in total. The Balaban J connectivity index is 0.000000106. The molecule has 150 heavy (non-hydrogen) atoms. The molecule has 11 aromatic carbocycles. The third-order valence-electron chi connectivity index (χ3n) is 26.5. The highest BCUT2D eigenvalue weighted by Gasteiger charge is 2.21. The third-order valence-corrected chi connectivity index (χ3v) is 26.5. The number of nitrogens with zero attached hydrogens (tertiary/aromatic N) is 15. The monoisotopic (exact) mass is 1970 g/mol. The van der Waals surface area contributed by atoms with Crippen LogP contribution in [0.25, 0.3) is 194 Å². The fourth-order valence-corrected chi connectivity index (χ4v) is 19.4. The Morgan fingerprint density at radius 2 is 0.573 bits per heavy atom. The van der Waals surface area contributed by atoms with Crippen LogP contribution in [-0.4, -0.2) is 136 Å². The molecule has 0 saturated carbocycles. The fourth-order valence-electron chi connectivity index (χ4n) is 19.4. The zero-order valence-electron chi connectivity index (χ0n) is 84.7. The minimum absolute atomic E-state index is 0.170. The Morgan fingerprint density at radius 1 is 0.253 bits per heavy atom. The molecule has 1 saturated heterocycles. The summed E-state index contributed by atoms with van der Waals surface area (Å²) in [5.41, 5.74) is 30.0. The van der Waals surface area contributed by atoms with Gasteiger partial charge in [-0.05, 0) is 285 Å². The molecule has 25 aromatic rings. The van der Waals surface area contributed by atoms with Gasteiger partial charge in [0.25, 0.3) is 0 Å². The molecule has 21 heteroatoms. The van der Waals surface area contributed by atoms with Crippen molar-refractivity contribution in [2.45, 2.75) is 79.8 Å². The predicted octanol–water partition coefficient (Wildman–Crippen LogP) is 29.5. The predicted molar refractivity (Wildman–Crippen MR) is 605 cm³/mol. The number of hydrogen-bond donors (Lipinski definition) is 0. The van der Waals surface area contributed by atoms with Crippen LogP contribution >= 0.6 is 0 Å². The van der Waals surface area contributed by atoms with Crippen molar-refractivity contribution in [3.63, 3.8) is 0 Å². The van der Waals surface area contributed by atoms with Crippen LogP contribution in [-0.2, 0) is 4.74 Å². The van der Waals surface area contributed by atoms with Gasteiger partial charge in [-0.15, -0.1) is 0 Å². The zero-order chi connectivity index (χ0) is 102. The van der Waals surface area contributed by atoms with Gasteiger partial charge in [0.1, 0.15) is 63.6 Å². The van der Waals surface area contributed by atoms with Gasteiger partial charge in [-0.2, -0.15) is 0 Å². The molecule has 26 rings (SSSR count). The second-order valence-electron chi connectivity index (χ2n) is 38.1. The number of fused-ring (bicyclic) bond motifs is 10. The van der Waals surface area contributed by atoms with Crippen LogP contribution in [0.3, 0.4) is 0 Å². The van der Waals surface area contributed by atoms with Crippen molar-refractivity contribution in [1.29, 1.82) is 0 Å². The van der Waals surface area contributed by atoms with Crippen molar-refractivity contribution in [2.24, 2.45) is 0 Å². The Morgan fingerprint density at radius 3 is 1.01 bits per heavy atom. The molecule has 0 radical (unpaired) electrons. The van der Waals surface area contributed by atoms with E-state index in [0.29, 0.717) is 6.61 Å². The molecule has 1 aliphatic rings. The van der Waals surface area contributed by atoms with Crippen LogP contribution in [0.5, 0.6) is 28.7 Å². The maximum atomic E-state index is 5.95. The van der Waals surface area contributed by atoms with Crippen molar-refractivity contribution in [3.05, 3.63) is 433 Å². The number of ether oxygens (including phenoxy) is 6. The Kier molecular flexibility index (Phi) is 28.3. The highest BCUT2D eigenvalue weighted by atomic mass is 16.5. The first-order chi connectivity index (χ1) is 73.6. The zero-order valence-corrected chi connectivity index (χ0v) is 84.7. The van der Waals surface area contributed by atoms with Gasteiger partial charge in [0, 0.05) is 131 Å². The second kappa shape index (κ2) is 43.9. The van der Waals surface area contributed by atoms with Crippen LogP contribution in [0.15, 0.2) is 433 Å². The smallest absolute Gasteiger partial charge is 0.137 e. The van der Waals surface area contributed by atoms with Gasteiger partial charge in [0.15, 0.2) is 0 Å².